The molecule has 0 spiro atoms. The van der Waals surface area contributed by atoms with Gasteiger partial charge in [0.2, 0.25) is 0 Å². The van der Waals surface area contributed by atoms with Crippen LogP contribution in [0.15, 0.2) is 18.2 Å². The summed E-state index contributed by atoms with van der Waals surface area (Å²) < 4.78 is 5.07. The van der Waals surface area contributed by atoms with Crippen LogP contribution in [0.25, 0.3) is 0 Å². The molecule has 2 aliphatic rings. The molecule has 3 unspecified atom stereocenters. The molecule has 2 saturated carbocycles. The van der Waals surface area contributed by atoms with E-state index in [0.717, 1.165) is 17.9 Å². The molecule has 2 bridgehead atoms. The van der Waals surface area contributed by atoms with E-state index in [1.165, 1.54) is 32.8 Å². The van der Waals surface area contributed by atoms with Crippen molar-refractivity contribution in [3.63, 3.8) is 0 Å². The lowest BCUT2D eigenvalue weighted by Gasteiger charge is -2.37. The molecule has 2 aliphatic carbocycles. The van der Waals surface area contributed by atoms with Gasteiger partial charge in [-0.2, -0.15) is 0 Å². The van der Waals surface area contributed by atoms with E-state index in [1.54, 1.807) is 12.1 Å². The number of rotatable bonds is 5. The van der Waals surface area contributed by atoms with Gasteiger partial charge in [-0.15, -0.1) is 0 Å². The van der Waals surface area contributed by atoms with Crippen LogP contribution >= 0.6 is 0 Å². The SMILES string of the molecule is COc1ccc(CC2(CN)CC3CCC2C3)cc1[N+](=O)[O-]. The number of methoxy groups -OCH3 is 1. The second-order valence-corrected chi connectivity index (χ2v) is 6.59. The van der Waals surface area contributed by atoms with E-state index in [-0.39, 0.29) is 16.0 Å². The maximum absolute atomic E-state index is 11.1. The van der Waals surface area contributed by atoms with Gasteiger partial charge < -0.3 is 10.5 Å². The average molecular weight is 290 g/mol. The molecule has 0 aromatic heterocycles. The highest BCUT2D eigenvalue weighted by molar-refractivity contribution is 5.49. The minimum atomic E-state index is -0.377. The Morgan fingerprint density at radius 3 is 2.81 bits per heavy atom. The number of nitrogens with two attached hydrogens (primary N) is 1. The maximum Gasteiger partial charge on any atom is 0.311 e. The molecule has 1 aromatic carbocycles. The second kappa shape index (κ2) is 5.30. The molecule has 0 radical (unpaired) electrons. The van der Waals surface area contributed by atoms with Crippen molar-refractivity contribution in [3.8, 4) is 5.75 Å². The fraction of sp³-hybridized carbons (Fsp3) is 0.625. The summed E-state index contributed by atoms with van der Waals surface area (Å²) >= 11 is 0. The molecule has 1 aromatic rings. The van der Waals surface area contributed by atoms with Gasteiger partial charge >= 0.3 is 5.69 Å². The molecule has 5 heteroatoms. The van der Waals surface area contributed by atoms with Crippen molar-refractivity contribution >= 4 is 5.69 Å². The number of nitrogens with zero attached hydrogens (tertiary/aromatic N) is 1. The molecule has 0 saturated heterocycles. The van der Waals surface area contributed by atoms with Crippen LogP contribution in [0.4, 0.5) is 5.69 Å². The Kier molecular flexibility index (Phi) is 3.61. The predicted octanol–water partition coefficient (Wildman–Crippen LogP) is 2.91. The molecule has 3 atom stereocenters. The van der Waals surface area contributed by atoms with Gasteiger partial charge in [0, 0.05) is 6.07 Å². The molecule has 3 rings (SSSR count). The number of fused-ring (bicyclic) bond motifs is 2. The summed E-state index contributed by atoms with van der Waals surface area (Å²) in [5, 5.41) is 11.1. The van der Waals surface area contributed by atoms with Crippen molar-refractivity contribution in [2.45, 2.75) is 32.1 Å². The number of hydrogen-bond acceptors (Lipinski definition) is 4. The first-order valence-corrected chi connectivity index (χ1v) is 7.59. The van der Waals surface area contributed by atoms with Gasteiger partial charge in [0.05, 0.1) is 12.0 Å². The summed E-state index contributed by atoms with van der Waals surface area (Å²) in [5.74, 6) is 1.82. The van der Waals surface area contributed by atoms with Crippen molar-refractivity contribution < 1.29 is 9.66 Å². The van der Waals surface area contributed by atoms with Gasteiger partial charge in [-0.25, -0.2) is 0 Å². The zero-order valence-corrected chi connectivity index (χ0v) is 12.4. The van der Waals surface area contributed by atoms with Crippen molar-refractivity contribution in [2.75, 3.05) is 13.7 Å². The van der Waals surface area contributed by atoms with E-state index in [9.17, 15) is 10.1 Å². The molecule has 21 heavy (non-hydrogen) atoms. The van der Waals surface area contributed by atoms with Crippen LogP contribution in [-0.4, -0.2) is 18.6 Å². The third-order valence-corrected chi connectivity index (χ3v) is 5.51. The molecule has 0 aliphatic heterocycles. The Hall–Kier alpha value is -1.62. The van der Waals surface area contributed by atoms with Crippen molar-refractivity contribution in [2.24, 2.45) is 23.0 Å². The van der Waals surface area contributed by atoms with E-state index < -0.39 is 0 Å². The Morgan fingerprint density at radius 1 is 1.48 bits per heavy atom. The van der Waals surface area contributed by atoms with Crippen LogP contribution in [0.5, 0.6) is 5.75 Å². The average Bonchev–Trinajstić information content (AvgIpc) is 3.08. The normalized spacial score (nSPS) is 30.6. The van der Waals surface area contributed by atoms with Crippen LogP contribution in [-0.2, 0) is 6.42 Å². The first kappa shape index (κ1) is 14.3. The van der Waals surface area contributed by atoms with Gasteiger partial charge in [0.25, 0.3) is 0 Å². The second-order valence-electron chi connectivity index (χ2n) is 6.59. The lowest BCUT2D eigenvalue weighted by molar-refractivity contribution is -0.385. The molecular weight excluding hydrogens is 268 g/mol. The molecule has 5 nitrogen and oxygen atoms in total. The molecule has 2 N–H and O–H groups in total. The Bertz CT molecular complexity index is 560. The van der Waals surface area contributed by atoms with Crippen molar-refractivity contribution in [1.82, 2.24) is 0 Å². The third-order valence-electron chi connectivity index (χ3n) is 5.51. The van der Waals surface area contributed by atoms with Gasteiger partial charge in [0.15, 0.2) is 5.75 Å². The number of nitro benzene ring substituents is 1. The highest BCUT2D eigenvalue weighted by atomic mass is 16.6. The largest absolute Gasteiger partial charge is 0.490 e. The molecule has 2 fully saturated rings. The predicted molar refractivity (Wildman–Crippen MR) is 80.3 cm³/mol. The Morgan fingerprint density at radius 2 is 2.29 bits per heavy atom. The van der Waals surface area contributed by atoms with Crippen molar-refractivity contribution in [3.05, 3.63) is 33.9 Å². The first-order valence-electron chi connectivity index (χ1n) is 7.59. The van der Waals surface area contributed by atoms with E-state index in [1.807, 2.05) is 6.07 Å². The van der Waals surface area contributed by atoms with Gasteiger partial charge in [-0.05, 0) is 61.1 Å². The highest BCUT2D eigenvalue weighted by Gasteiger charge is 2.49. The molecule has 114 valence electrons. The summed E-state index contributed by atoms with van der Waals surface area (Å²) in [6.07, 6.45) is 5.90. The van der Waals surface area contributed by atoms with Gasteiger partial charge in [0.1, 0.15) is 0 Å². The minimum absolute atomic E-state index is 0.0466. The lowest BCUT2D eigenvalue weighted by Crippen LogP contribution is -2.37. The zero-order chi connectivity index (χ0) is 15.0. The van der Waals surface area contributed by atoms with Crippen molar-refractivity contribution in [1.29, 1.82) is 0 Å². The maximum atomic E-state index is 11.1. The monoisotopic (exact) mass is 290 g/mol. The lowest BCUT2D eigenvalue weighted by atomic mass is 9.69. The van der Waals surface area contributed by atoms with E-state index >= 15 is 0 Å². The standard InChI is InChI=1S/C16H22N2O3/c1-21-15-5-3-12(7-14(15)18(19)20)9-16(10-17)8-11-2-4-13(16)6-11/h3,5,7,11,13H,2,4,6,8-10,17H2,1H3. The highest BCUT2D eigenvalue weighted by Crippen LogP contribution is 2.56. The quantitative estimate of drug-likeness (QED) is 0.668. The van der Waals surface area contributed by atoms with Crippen LogP contribution in [0.1, 0.15) is 31.2 Å². The fourth-order valence-corrected chi connectivity index (χ4v) is 4.49. The first-order chi connectivity index (χ1) is 10.1. The third kappa shape index (κ3) is 2.39. The number of ether oxygens (including phenoxy) is 1. The number of benzene rings is 1. The zero-order valence-electron chi connectivity index (χ0n) is 12.4. The van der Waals surface area contributed by atoms with E-state index in [2.05, 4.69) is 0 Å². The summed E-state index contributed by atoms with van der Waals surface area (Å²) in [6, 6.07) is 5.29. The topological polar surface area (TPSA) is 78.4 Å². The number of hydrogen-bond donors (Lipinski definition) is 1. The van der Waals surface area contributed by atoms with Crippen LogP contribution in [0, 0.1) is 27.4 Å². The van der Waals surface area contributed by atoms with Crippen LogP contribution < -0.4 is 10.5 Å². The molecule has 0 heterocycles. The van der Waals surface area contributed by atoms with Crippen LogP contribution in [0.3, 0.4) is 0 Å². The van der Waals surface area contributed by atoms with E-state index in [0.29, 0.717) is 18.2 Å². The Labute approximate surface area is 124 Å². The summed E-state index contributed by atoms with van der Waals surface area (Å²) in [7, 11) is 1.46. The smallest absolute Gasteiger partial charge is 0.311 e. The Balaban J connectivity index is 1.87. The summed E-state index contributed by atoms with van der Waals surface area (Å²) in [6.45, 7) is 0.675. The van der Waals surface area contributed by atoms with E-state index in [4.69, 9.17) is 10.5 Å². The van der Waals surface area contributed by atoms with Crippen LogP contribution in [0.2, 0.25) is 0 Å². The minimum Gasteiger partial charge on any atom is -0.490 e. The van der Waals surface area contributed by atoms with Gasteiger partial charge in [-0.1, -0.05) is 12.5 Å². The molecular formula is C16H22N2O3. The fourth-order valence-electron chi connectivity index (χ4n) is 4.49. The molecule has 0 amide bonds. The number of nitro groups is 1. The van der Waals surface area contributed by atoms with Gasteiger partial charge in [-0.3, -0.25) is 10.1 Å². The summed E-state index contributed by atoms with van der Waals surface area (Å²) in [5.41, 5.74) is 7.29. The summed E-state index contributed by atoms with van der Waals surface area (Å²) in [4.78, 5) is 10.8.